The highest BCUT2D eigenvalue weighted by Gasteiger charge is 2.82. The fraction of sp³-hybridized carbons (Fsp3) is 0.409. The predicted octanol–water partition coefficient (Wildman–Crippen LogP) is 3.86. The first kappa shape index (κ1) is 15.2. The van der Waals surface area contributed by atoms with E-state index in [9.17, 15) is 4.79 Å². The van der Waals surface area contributed by atoms with Gasteiger partial charge in [0, 0.05) is 18.9 Å². The first-order chi connectivity index (χ1) is 12.3. The zero-order valence-electron chi connectivity index (χ0n) is 14.4. The number of esters is 1. The van der Waals surface area contributed by atoms with Gasteiger partial charge < -0.3 is 9.47 Å². The molecule has 0 bridgehead atoms. The van der Waals surface area contributed by atoms with Gasteiger partial charge in [0.25, 0.3) is 0 Å². The minimum atomic E-state index is -0.367. The average Bonchev–Trinajstić information content (AvgIpc) is 3.10. The Morgan fingerprint density at radius 2 is 1.76 bits per heavy atom. The van der Waals surface area contributed by atoms with E-state index >= 15 is 0 Å². The molecule has 0 heterocycles. The van der Waals surface area contributed by atoms with Crippen molar-refractivity contribution >= 4 is 5.97 Å². The van der Waals surface area contributed by atoms with Crippen LogP contribution in [-0.4, -0.2) is 26.3 Å². The molecule has 0 N–H and O–H groups in total. The normalized spacial score (nSPS) is 33.6. The molecule has 2 aromatic carbocycles. The van der Waals surface area contributed by atoms with Crippen LogP contribution in [0.1, 0.15) is 40.9 Å². The molecule has 2 saturated carbocycles. The summed E-state index contributed by atoms with van der Waals surface area (Å²) in [4.78, 5) is 13.2. The van der Waals surface area contributed by atoms with Crippen molar-refractivity contribution < 1.29 is 14.3 Å². The van der Waals surface area contributed by atoms with Gasteiger partial charge in [0.1, 0.15) is 6.61 Å². The van der Waals surface area contributed by atoms with Crippen molar-refractivity contribution in [2.24, 2.45) is 11.3 Å². The van der Waals surface area contributed by atoms with Crippen molar-refractivity contribution in [3.8, 4) is 0 Å². The van der Waals surface area contributed by atoms with E-state index in [0.717, 1.165) is 6.42 Å². The van der Waals surface area contributed by atoms with Crippen LogP contribution in [0.3, 0.4) is 0 Å². The van der Waals surface area contributed by atoms with Crippen LogP contribution in [-0.2, 0) is 14.3 Å². The maximum absolute atomic E-state index is 13.2. The van der Waals surface area contributed by atoms with Gasteiger partial charge >= 0.3 is 5.97 Å². The van der Waals surface area contributed by atoms with E-state index in [-0.39, 0.29) is 17.3 Å². The van der Waals surface area contributed by atoms with Gasteiger partial charge in [-0.15, -0.1) is 0 Å². The SMILES string of the molecule is COCCOC(=O)[C@@]12C3c4ccccc4C(C[C@@H]1c1ccccc1)C32. The second-order valence-corrected chi connectivity index (χ2v) is 7.50. The van der Waals surface area contributed by atoms with Crippen LogP contribution < -0.4 is 0 Å². The lowest BCUT2D eigenvalue weighted by atomic mass is 9.81. The van der Waals surface area contributed by atoms with E-state index in [0.29, 0.717) is 31.0 Å². The first-order valence-corrected chi connectivity index (χ1v) is 9.10. The third kappa shape index (κ3) is 1.87. The van der Waals surface area contributed by atoms with Gasteiger partial charge in [-0.25, -0.2) is 0 Å². The molecule has 3 nitrogen and oxygen atoms in total. The number of hydrogen-bond acceptors (Lipinski definition) is 3. The largest absolute Gasteiger partial charge is 0.463 e. The molecule has 25 heavy (non-hydrogen) atoms. The van der Waals surface area contributed by atoms with Crippen LogP contribution in [0.2, 0.25) is 0 Å². The second-order valence-electron chi connectivity index (χ2n) is 7.50. The maximum atomic E-state index is 13.2. The molecule has 0 spiro atoms. The van der Waals surface area contributed by atoms with Crippen molar-refractivity contribution in [2.45, 2.75) is 24.2 Å². The number of carbonyl (C=O) groups is 1. The van der Waals surface area contributed by atoms with E-state index in [2.05, 4.69) is 48.5 Å². The number of carbonyl (C=O) groups excluding carboxylic acids is 1. The van der Waals surface area contributed by atoms with Crippen molar-refractivity contribution in [1.82, 2.24) is 0 Å². The Kier molecular flexibility index (Phi) is 3.29. The number of fused-ring (bicyclic) bond motifs is 4. The van der Waals surface area contributed by atoms with Crippen LogP contribution in [0, 0.1) is 11.3 Å². The molecule has 3 aliphatic rings. The minimum absolute atomic E-state index is 0.0228. The number of benzene rings is 2. The molecule has 0 amide bonds. The predicted molar refractivity (Wildman–Crippen MR) is 94.5 cm³/mol. The Balaban J connectivity index is 1.55. The summed E-state index contributed by atoms with van der Waals surface area (Å²) in [5, 5.41) is 0. The maximum Gasteiger partial charge on any atom is 0.313 e. The Labute approximate surface area is 148 Å². The highest BCUT2D eigenvalue weighted by atomic mass is 16.6. The highest BCUT2D eigenvalue weighted by Crippen LogP contribution is 2.85. The van der Waals surface area contributed by atoms with E-state index in [1.54, 1.807) is 7.11 Å². The summed E-state index contributed by atoms with van der Waals surface area (Å²) in [5.41, 5.74) is 3.73. The van der Waals surface area contributed by atoms with Crippen LogP contribution in [0.15, 0.2) is 54.6 Å². The smallest absolute Gasteiger partial charge is 0.313 e. The van der Waals surface area contributed by atoms with Crippen LogP contribution in [0.4, 0.5) is 0 Å². The van der Waals surface area contributed by atoms with Crippen LogP contribution in [0.25, 0.3) is 0 Å². The Bertz CT molecular complexity index is 815. The molecule has 2 fully saturated rings. The molecular weight excluding hydrogens is 312 g/mol. The standard InChI is InChI=1S/C22H22O3/c1-24-11-12-25-21(23)22-18(14-7-3-2-4-8-14)13-17-15-9-5-6-10-16(15)19(22)20(17)22/h2-10,17-20H,11-13H2,1H3/t17?,18-,19?,20?,22-/m1/s1. The first-order valence-electron chi connectivity index (χ1n) is 9.10. The average molecular weight is 334 g/mol. The van der Waals surface area contributed by atoms with Crippen molar-refractivity contribution in [3.05, 3.63) is 71.3 Å². The Hall–Kier alpha value is -2.13. The van der Waals surface area contributed by atoms with Crippen molar-refractivity contribution in [2.75, 3.05) is 20.3 Å². The van der Waals surface area contributed by atoms with Gasteiger partial charge in [-0.05, 0) is 34.9 Å². The number of hydrogen-bond donors (Lipinski definition) is 0. The molecule has 3 unspecified atom stereocenters. The molecule has 3 heteroatoms. The van der Waals surface area contributed by atoms with Crippen LogP contribution >= 0.6 is 0 Å². The topological polar surface area (TPSA) is 35.5 Å². The summed E-state index contributed by atoms with van der Waals surface area (Å²) in [6.45, 7) is 0.789. The number of ether oxygens (including phenoxy) is 2. The third-order valence-electron chi connectivity index (χ3n) is 6.62. The Morgan fingerprint density at radius 3 is 2.52 bits per heavy atom. The molecule has 0 radical (unpaired) electrons. The fourth-order valence-corrected chi connectivity index (χ4v) is 5.79. The van der Waals surface area contributed by atoms with Gasteiger partial charge in [0.2, 0.25) is 0 Å². The Morgan fingerprint density at radius 1 is 1.04 bits per heavy atom. The minimum Gasteiger partial charge on any atom is -0.463 e. The molecule has 3 aliphatic carbocycles. The van der Waals surface area contributed by atoms with E-state index in [1.807, 2.05) is 6.07 Å². The summed E-state index contributed by atoms with van der Waals surface area (Å²) in [6.07, 6.45) is 1.04. The zero-order valence-corrected chi connectivity index (χ0v) is 14.4. The monoisotopic (exact) mass is 334 g/mol. The van der Waals surface area contributed by atoms with Crippen molar-refractivity contribution in [3.63, 3.8) is 0 Å². The van der Waals surface area contributed by atoms with Gasteiger partial charge in [-0.2, -0.15) is 0 Å². The van der Waals surface area contributed by atoms with Gasteiger partial charge in [-0.1, -0.05) is 54.6 Å². The molecule has 0 aliphatic heterocycles. The molecule has 128 valence electrons. The lowest BCUT2D eigenvalue weighted by Crippen LogP contribution is -2.28. The molecule has 0 saturated heterocycles. The summed E-state index contributed by atoms with van der Waals surface area (Å²) < 4.78 is 10.7. The molecule has 2 aromatic rings. The van der Waals surface area contributed by atoms with E-state index in [4.69, 9.17) is 9.47 Å². The molecular formula is C22H22O3. The van der Waals surface area contributed by atoms with Gasteiger partial charge in [-0.3, -0.25) is 4.79 Å². The highest BCUT2D eigenvalue weighted by molar-refractivity contribution is 5.88. The summed E-state index contributed by atoms with van der Waals surface area (Å²) >= 11 is 0. The number of methoxy groups -OCH3 is 1. The summed E-state index contributed by atoms with van der Waals surface area (Å²) in [5.74, 6) is 1.44. The summed E-state index contributed by atoms with van der Waals surface area (Å²) in [6, 6.07) is 19.2. The quantitative estimate of drug-likeness (QED) is 0.615. The van der Waals surface area contributed by atoms with Crippen molar-refractivity contribution in [1.29, 1.82) is 0 Å². The second kappa shape index (κ2) is 5.43. The lowest BCUT2D eigenvalue weighted by Gasteiger charge is -2.24. The zero-order chi connectivity index (χ0) is 17.0. The van der Waals surface area contributed by atoms with E-state index < -0.39 is 0 Å². The van der Waals surface area contributed by atoms with E-state index in [1.165, 1.54) is 16.7 Å². The van der Waals surface area contributed by atoms with Gasteiger partial charge in [0.05, 0.1) is 12.0 Å². The molecule has 0 aromatic heterocycles. The fourth-order valence-electron chi connectivity index (χ4n) is 5.79. The molecule has 5 atom stereocenters. The van der Waals surface area contributed by atoms with Crippen LogP contribution in [0.5, 0.6) is 0 Å². The molecule has 5 rings (SSSR count). The lowest BCUT2D eigenvalue weighted by molar-refractivity contribution is -0.152. The van der Waals surface area contributed by atoms with Gasteiger partial charge in [0.15, 0.2) is 0 Å². The third-order valence-corrected chi connectivity index (χ3v) is 6.62. The summed E-state index contributed by atoms with van der Waals surface area (Å²) in [7, 11) is 1.63. The number of rotatable bonds is 5.